The van der Waals surface area contributed by atoms with Crippen molar-refractivity contribution in [3.8, 4) is 0 Å². The number of benzene rings is 3. The third-order valence-electron chi connectivity index (χ3n) is 4.90. The maximum Gasteiger partial charge on any atom is 0.108 e. The Hall–Kier alpha value is -2.01. The smallest absolute Gasteiger partial charge is 0.108 e. The Kier molecular flexibility index (Phi) is 7.21. The van der Waals surface area contributed by atoms with Crippen molar-refractivity contribution in [1.82, 2.24) is 9.55 Å². The van der Waals surface area contributed by atoms with Gasteiger partial charge in [-0.05, 0) is 53.1 Å². The van der Waals surface area contributed by atoms with Crippen LogP contribution in [0.2, 0.25) is 20.1 Å². The SMILES string of the molecule is Clc1ccc(C(OC(Cn2ccnc2)c2ccc(Cl)c(Cl)c2)c2ccc(Cl)cc2)cc1. The van der Waals surface area contributed by atoms with E-state index in [0.717, 1.165) is 16.7 Å². The summed E-state index contributed by atoms with van der Waals surface area (Å²) in [6.07, 6.45) is 4.72. The normalized spacial score (nSPS) is 12.3. The van der Waals surface area contributed by atoms with Gasteiger partial charge in [0.2, 0.25) is 0 Å². The number of hydrogen-bond acceptors (Lipinski definition) is 2. The molecule has 0 radical (unpaired) electrons. The van der Waals surface area contributed by atoms with Crippen LogP contribution in [0, 0.1) is 0 Å². The summed E-state index contributed by atoms with van der Waals surface area (Å²) in [6.45, 7) is 0.551. The molecule has 0 saturated carbocycles. The highest BCUT2D eigenvalue weighted by Gasteiger charge is 2.23. The molecule has 0 fully saturated rings. The van der Waals surface area contributed by atoms with Gasteiger partial charge >= 0.3 is 0 Å². The number of rotatable bonds is 7. The summed E-state index contributed by atoms with van der Waals surface area (Å²) in [7, 11) is 0. The van der Waals surface area contributed by atoms with Crippen LogP contribution in [0.15, 0.2) is 85.5 Å². The predicted molar refractivity (Wildman–Crippen MR) is 127 cm³/mol. The van der Waals surface area contributed by atoms with Gasteiger partial charge in [-0.2, -0.15) is 0 Å². The second kappa shape index (κ2) is 10.1. The monoisotopic (exact) mass is 490 g/mol. The number of imidazole rings is 1. The van der Waals surface area contributed by atoms with Gasteiger partial charge in [0, 0.05) is 22.4 Å². The van der Waals surface area contributed by atoms with Crippen molar-refractivity contribution in [2.45, 2.75) is 18.8 Å². The van der Waals surface area contributed by atoms with Crippen molar-refractivity contribution in [2.75, 3.05) is 0 Å². The van der Waals surface area contributed by atoms with Crippen molar-refractivity contribution >= 4 is 46.4 Å². The average Bonchev–Trinajstić information content (AvgIpc) is 3.28. The molecule has 1 heterocycles. The number of aromatic nitrogens is 2. The molecular formula is C24H18Cl4N2O. The molecule has 1 unspecified atom stereocenters. The molecule has 0 bridgehead atoms. The molecule has 4 rings (SSSR count). The Labute approximate surface area is 201 Å². The molecule has 4 aromatic rings. The number of ether oxygens (including phenoxy) is 1. The lowest BCUT2D eigenvalue weighted by Gasteiger charge is -2.27. The fourth-order valence-corrected chi connectivity index (χ4v) is 3.87. The van der Waals surface area contributed by atoms with E-state index in [0.29, 0.717) is 26.6 Å². The van der Waals surface area contributed by atoms with Gasteiger partial charge in [-0.25, -0.2) is 4.98 Å². The highest BCUT2D eigenvalue weighted by Crippen LogP contribution is 2.36. The minimum Gasteiger partial charge on any atom is -0.359 e. The van der Waals surface area contributed by atoms with Gasteiger partial charge in [-0.3, -0.25) is 0 Å². The molecule has 7 heteroatoms. The lowest BCUT2D eigenvalue weighted by molar-refractivity contribution is -0.00323. The van der Waals surface area contributed by atoms with Crippen LogP contribution in [0.3, 0.4) is 0 Å². The molecule has 0 N–H and O–H groups in total. The zero-order valence-corrected chi connectivity index (χ0v) is 19.3. The van der Waals surface area contributed by atoms with Gasteiger partial charge in [0.1, 0.15) is 12.2 Å². The standard InChI is InChI=1S/C24H18Cl4N2O/c25-19-6-1-16(2-7-19)24(17-3-8-20(26)9-4-17)31-23(14-30-12-11-29-15-30)18-5-10-21(27)22(28)13-18/h1-13,15,23-24H,14H2. The minimum absolute atomic E-state index is 0.319. The molecule has 0 aliphatic rings. The Morgan fingerprint density at radius 1 is 0.742 bits per heavy atom. The summed E-state index contributed by atoms with van der Waals surface area (Å²) in [5.41, 5.74) is 2.86. The van der Waals surface area contributed by atoms with E-state index in [1.165, 1.54) is 0 Å². The maximum absolute atomic E-state index is 6.72. The van der Waals surface area contributed by atoms with Crippen molar-refractivity contribution in [3.05, 3.63) is 122 Å². The van der Waals surface area contributed by atoms with E-state index in [2.05, 4.69) is 4.98 Å². The van der Waals surface area contributed by atoms with Gasteiger partial charge in [-0.15, -0.1) is 0 Å². The summed E-state index contributed by atoms with van der Waals surface area (Å²) < 4.78 is 8.69. The Bertz CT molecular complexity index is 1080. The first-order chi connectivity index (χ1) is 15.0. The molecule has 3 aromatic carbocycles. The van der Waals surface area contributed by atoms with E-state index in [1.54, 1.807) is 18.6 Å². The first-order valence-electron chi connectivity index (χ1n) is 9.56. The molecular weight excluding hydrogens is 474 g/mol. The largest absolute Gasteiger partial charge is 0.359 e. The van der Waals surface area contributed by atoms with Gasteiger partial charge < -0.3 is 9.30 Å². The van der Waals surface area contributed by atoms with E-state index >= 15 is 0 Å². The highest BCUT2D eigenvalue weighted by molar-refractivity contribution is 6.42. The molecule has 31 heavy (non-hydrogen) atoms. The summed E-state index contributed by atoms with van der Waals surface area (Å²) in [4.78, 5) is 4.15. The molecule has 1 aromatic heterocycles. The van der Waals surface area contributed by atoms with Crippen molar-refractivity contribution in [1.29, 1.82) is 0 Å². The predicted octanol–water partition coefficient (Wildman–Crippen LogP) is 8.04. The van der Waals surface area contributed by atoms with Crippen LogP contribution in [0.1, 0.15) is 28.9 Å². The third kappa shape index (κ3) is 5.62. The topological polar surface area (TPSA) is 27.1 Å². The quantitative estimate of drug-likeness (QED) is 0.261. The molecule has 1 atom stereocenters. The van der Waals surface area contributed by atoms with Gasteiger partial charge in [0.25, 0.3) is 0 Å². The fourth-order valence-electron chi connectivity index (χ4n) is 3.31. The molecule has 0 aliphatic carbocycles. The summed E-state index contributed by atoms with van der Waals surface area (Å²) in [5, 5.41) is 2.31. The van der Waals surface area contributed by atoms with Gasteiger partial charge in [0.15, 0.2) is 0 Å². The van der Waals surface area contributed by atoms with Crippen LogP contribution < -0.4 is 0 Å². The van der Waals surface area contributed by atoms with E-state index in [-0.39, 0.29) is 12.2 Å². The van der Waals surface area contributed by atoms with Gasteiger partial charge in [0.05, 0.1) is 22.9 Å². The van der Waals surface area contributed by atoms with Crippen molar-refractivity contribution in [2.24, 2.45) is 0 Å². The fraction of sp³-hybridized carbons (Fsp3) is 0.125. The number of nitrogens with zero attached hydrogens (tertiary/aromatic N) is 2. The Balaban J connectivity index is 1.74. The molecule has 3 nitrogen and oxygen atoms in total. The Morgan fingerprint density at radius 2 is 1.32 bits per heavy atom. The van der Waals surface area contributed by atoms with Crippen molar-refractivity contribution in [3.63, 3.8) is 0 Å². The minimum atomic E-state index is -0.350. The number of hydrogen-bond donors (Lipinski definition) is 0. The van der Waals surface area contributed by atoms with Gasteiger partial charge in [-0.1, -0.05) is 76.7 Å². The Morgan fingerprint density at radius 3 is 1.84 bits per heavy atom. The first kappa shape index (κ1) is 22.2. The van der Waals surface area contributed by atoms with Crippen LogP contribution in [0.25, 0.3) is 0 Å². The van der Waals surface area contributed by atoms with Crippen LogP contribution in [0.5, 0.6) is 0 Å². The lowest BCUT2D eigenvalue weighted by atomic mass is 10.0. The third-order valence-corrected chi connectivity index (χ3v) is 6.14. The van der Waals surface area contributed by atoms with E-state index in [4.69, 9.17) is 51.1 Å². The van der Waals surface area contributed by atoms with Crippen LogP contribution >= 0.6 is 46.4 Å². The average molecular weight is 492 g/mol. The van der Waals surface area contributed by atoms with Crippen molar-refractivity contribution < 1.29 is 4.74 Å². The zero-order chi connectivity index (χ0) is 21.8. The highest BCUT2D eigenvalue weighted by atomic mass is 35.5. The molecule has 0 amide bonds. The van der Waals surface area contributed by atoms with Crippen LogP contribution in [-0.4, -0.2) is 9.55 Å². The molecule has 0 saturated heterocycles. The summed E-state index contributed by atoms with van der Waals surface area (Å²) in [6, 6.07) is 20.8. The second-order valence-electron chi connectivity index (χ2n) is 7.04. The lowest BCUT2D eigenvalue weighted by Crippen LogP contribution is -2.16. The van der Waals surface area contributed by atoms with E-state index in [9.17, 15) is 0 Å². The van der Waals surface area contributed by atoms with E-state index in [1.807, 2.05) is 71.4 Å². The molecule has 0 spiro atoms. The van der Waals surface area contributed by atoms with E-state index < -0.39 is 0 Å². The van der Waals surface area contributed by atoms with Crippen LogP contribution in [0.4, 0.5) is 0 Å². The second-order valence-corrected chi connectivity index (χ2v) is 8.73. The first-order valence-corrected chi connectivity index (χ1v) is 11.1. The zero-order valence-electron chi connectivity index (χ0n) is 16.3. The van der Waals surface area contributed by atoms with Crippen LogP contribution in [-0.2, 0) is 11.3 Å². The summed E-state index contributed by atoms with van der Waals surface area (Å²) >= 11 is 24.7. The molecule has 158 valence electrons. The maximum atomic E-state index is 6.72. The molecule has 0 aliphatic heterocycles. The number of halogens is 4. The summed E-state index contributed by atoms with van der Waals surface area (Å²) in [5.74, 6) is 0.